The van der Waals surface area contributed by atoms with Gasteiger partial charge in [-0.2, -0.15) is 0 Å². The highest BCUT2D eigenvalue weighted by atomic mass is 16.5. The molecular weight excluding hydrogens is 302 g/mol. The van der Waals surface area contributed by atoms with Crippen molar-refractivity contribution in [3.05, 3.63) is 71.9 Å². The molecule has 0 bridgehead atoms. The van der Waals surface area contributed by atoms with Crippen LogP contribution in [0.1, 0.15) is 17.0 Å². The second kappa shape index (κ2) is 6.08. The molecule has 3 aromatic rings. The number of aliphatic imine (C=N–C) groups is 1. The highest BCUT2D eigenvalue weighted by Crippen LogP contribution is 2.27. The molecule has 0 saturated heterocycles. The van der Waals surface area contributed by atoms with Gasteiger partial charge < -0.3 is 10.1 Å². The third-order valence-electron chi connectivity index (χ3n) is 3.81. The van der Waals surface area contributed by atoms with E-state index in [4.69, 9.17) is 4.74 Å². The van der Waals surface area contributed by atoms with Crippen molar-refractivity contribution in [1.82, 2.24) is 15.0 Å². The lowest BCUT2D eigenvalue weighted by Gasteiger charge is -2.11. The lowest BCUT2D eigenvalue weighted by atomic mass is 10.1. The number of ether oxygens (including phenoxy) is 1. The van der Waals surface area contributed by atoms with Crippen molar-refractivity contribution in [1.29, 1.82) is 0 Å². The van der Waals surface area contributed by atoms with Gasteiger partial charge in [0.05, 0.1) is 19.9 Å². The number of pyridine rings is 1. The molecule has 0 unspecified atom stereocenters. The molecule has 0 spiro atoms. The van der Waals surface area contributed by atoms with Crippen molar-refractivity contribution in [2.75, 3.05) is 12.4 Å². The van der Waals surface area contributed by atoms with Crippen molar-refractivity contribution < 1.29 is 4.74 Å². The molecule has 1 aliphatic rings. The molecule has 1 aromatic carbocycles. The zero-order valence-corrected chi connectivity index (χ0v) is 13.1. The van der Waals surface area contributed by atoms with E-state index < -0.39 is 0 Å². The van der Waals surface area contributed by atoms with Gasteiger partial charge in [-0.25, -0.2) is 9.97 Å². The third-order valence-corrected chi connectivity index (χ3v) is 3.81. The number of nitrogens with zero attached hydrogens (tertiary/aromatic N) is 4. The quantitative estimate of drug-likeness (QED) is 0.801. The summed E-state index contributed by atoms with van der Waals surface area (Å²) in [6.07, 6.45) is 5.09. The monoisotopic (exact) mass is 317 g/mol. The molecule has 6 nitrogen and oxygen atoms in total. The first-order valence-corrected chi connectivity index (χ1v) is 7.56. The average Bonchev–Trinajstić information content (AvgIpc) is 3.07. The Labute approximate surface area is 139 Å². The van der Waals surface area contributed by atoms with Crippen LogP contribution in [0.3, 0.4) is 0 Å². The molecule has 3 heterocycles. The van der Waals surface area contributed by atoms with Gasteiger partial charge in [0, 0.05) is 23.6 Å². The Bertz CT molecular complexity index is 908. The number of fused-ring (bicyclic) bond motifs is 1. The molecule has 0 radical (unpaired) electrons. The summed E-state index contributed by atoms with van der Waals surface area (Å²) in [6, 6.07) is 11.9. The molecule has 0 amide bonds. The van der Waals surface area contributed by atoms with Crippen LogP contribution in [0.15, 0.2) is 60.0 Å². The number of aromatic nitrogens is 3. The number of anilines is 2. The van der Waals surface area contributed by atoms with Gasteiger partial charge in [-0.15, -0.1) is 0 Å². The largest absolute Gasteiger partial charge is 0.491 e. The Morgan fingerprint density at radius 3 is 2.75 bits per heavy atom. The Kier molecular flexibility index (Phi) is 3.63. The number of methoxy groups -OCH3 is 1. The van der Waals surface area contributed by atoms with Gasteiger partial charge in [0.25, 0.3) is 0 Å². The molecule has 0 atom stereocenters. The number of hydrogen-bond donors (Lipinski definition) is 1. The first kappa shape index (κ1) is 14.3. The van der Waals surface area contributed by atoms with Crippen LogP contribution in [0.4, 0.5) is 11.5 Å². The van der Waals surface area contributed by atoms with E-state index in [0.717, 1.165) is 17.0 Å². The van der Waals surface area contributed by atoms with E-state index in [1.165, 1.54) is 5.56 Å². The van der Waals surface area contributed by atoms with Gasteiger partial charge in [-0.3, -0.25) is 9.98 Å². The zero-order valence-electron chi connectivity index (χ0n) is 13.1. The molecule has 1 N–H and O–H groups in total. The Balaban J connectivity index is 1.72. The molecule has 24 heavy (non-hydrogen) atoms. The summed E-state index contributed by atoms with van der Waals surface area (Å²) < 4.78 is 5.36. The molecule has 0 saturated carbocycles. The summed E-state index contributed by atoms with van der Waals surface area (Å²) >= 11 is 0. The van der Waals surface area contributed by atoms with Crippen molar-refractivity contribution in [3.8, 4) is 5.75 Å². The maximum absolute atomic E-state index is 5.36. The predicted molar refractivity (Wildman–Crippen MR) is 91.9 cm³/mol. The fourth-order valence-electron chi connectivity index (χ4n) is 2.63. The van der Waals surface area contributed by atoms with E-state index in [-0.39, 0.29) is 0 Å². The molecular formula is C18H15N5O. The van der Waals surface area contributed by atoms with Crippen molar-refractivity contribution in [2.45, 2.75) is 6.54 Å². The number of hydrogen-bond acceptors (Lipinski definition) is 6. The van der Waals surface area contributed by atoms with Crippen LogP contribution in [0.2, 0.25) is 0 Å². The summed E-state index contributed by atoms with van der Waals surface area (Å²) in [5, 5.41) is 3.24. The SMILES string of the molecule is COc1cnc(C2=NCc3ccccc32)nc1Nc1ccncc1. The third kappa shape index (κ3) is 2.58. The summed E-state index contributed by atoms with van der Waals surface area (Å²) in [6.45, 7) is 0.661. The minimum Gasteiger partial charge on any atom is -0.491 e. The first-order chi connectivity index (χ1) is 11.8. The van der Waals surface area contributed by atoms with Crippen molar-refractivity contribution >= 4 is 17.2 Å². The first-order valence-electron chi connectivity index (χ1n) is 7.56. The molecule has 118 valence electrons. The standard InChI is InChI=1S/C18H15N5O/c1-24-15-11-21-18(16-14-5-3-2-4-12(14)10-20-16)23-17(15)22-13-6-8-19-9-7-13/h2-9,11H,10H2,1H3,(H,19,21,22,23). The molecule has 0 fully saturated rings. The summed E-state index contributed by atoms with van der Waals surface area (Å²) in [5.41, 5.74) is 3.96. The smallest absolute Gasteiger partial charge is 0.180 e. The normalized spacial score (nSPS) is 12.5. The molecule has 6 heteroatoms. The van der Waals surface area contributed by atoms with Crippen LogP contribution in [0.5, 0.6) is 5.75 Å². The number of benzene rings is 1. The topological polar surface area (TPSA) is 72.3 Å². The Hall–Kier alpha value is -3.28. The summed E-state index contributed by atoms with van der Waals surface area (Å²) in [7, 11) is 1.60. The van der Waals surface area contributed by atoms with E-state index >= 15 is 0 Å². The van der Waals surface area contributed by atoms with Crippen LogP contribution in [-0.4, -0.2) is 27.8 Å². The molecule has 4 rings (SSSR count). The van der Waals surface area contributed by atoms with Gasteiger partial charge in [0.1, 0.15) is 5.71 Å². The van der Waals surface area contributed by atoms with Crippen LogP contribution >= 0.6 is 0 Å². The minimum atomic E-state index is 0.572. The highest BCUT2D eigenvalue weighted by molar-refractivity contribution is 6.13. The van der Waals surface area contributed by atoms with Gasteiger partial charge >= 0.3 is 0 Å². The maximum Gasteiger partial charge on any atom is 0.180 e. The number of nitrogens with one attached hydrogen (secondary N) is 1. The van der Waals surface area contributed by atoms with Gasteiger partial charge in [0.15, 0.2) is 17.4 Å². The predicted octanol–water partition coefficient (Wildman–Crippen LogP) is 2.97. The van der Waals surface area contributed by atoms with E-state index in [9.17, 15) is 0 Å². The minimum absolute atomic E-state index is 0.572. The van der Waals surface area contributed by atoms with Crippen molar-refractivity contribution in [3.63, 3.8) is 0 Å². The van der Waals surface area contributed by atoms with E-state index in [0.29, 0.717) is 23.9 Å². The second-order valence-electron chi connectivity index (χ2n) is 5.29. The van der Waals surface area contributed by atoms with Gasteiger partial charge in [-0.05, 0) is 17.7 Å². The zero-order chi connectivity index (χ0) is 16.4. The summed E-state index contributed by atoms with van der Waals surface area (Å²) in [5.74, 6) is 1.75. The van der Waals surface area contributed by atoms with E-state index in [1.54, 1.807) is 25.7 Å². The second-order valence-corrected chi connectivity index (χ2v) is 5.29. The van der Waals surface area contributed by atoms with Crippen molar-refractivity contribution in [2.24, 2.45) is 4.99 Å². The highest BCUT2D eigenvalue weighted by Gasteiger charge is 2.20. The van der Waals surface area contributed by atoms with Gasteiger partial charge in [-0.1, -0.05) is 24.3 Å². The Morgan fingerprint density at radius 1 is 1.08 bits per heavy atom. The number of rotatable bonds is 4. The fraction of sp³-hybridized carbons (Fsp3) is 0.111. The van der Waals surface area contributed by atoms with E-state index in [1.807, 2.05) is 30.3 Å². The average molecular weight is 317 g/mol. The maximum atomic E-state index is 5.36. The van der Waals surface area contributed by atoms with E-state index in [2.05, 4.69) is 31.3 Å². The molecule has 2 aromatic heterocycles. The van der Waals surface area contributed by atoms with Crippen LogP contribution in [0.25, 0.3) is 0 Å². The van der Waals surface area contributed by atoms with Crippen LogP contribution in [-0.2, 0) is 6.54 Å². The molecule has 0 aliphatic carbocycles. The van der Waals surface area contributed by atoms with Gasteiger partial charge in [0.2, 0.25) is 0 Å². The Morgan fingerprint density at radius 2 is 1.92 bits per heavy atom. The molecule has 1 aliphatic heterocycles. The van der Waals surface area contributed by atoms with Crippen LogP contribution in [0, 0.1) is 0 Å². The lowest BCUT2D eigenvalue weighted by Crippen LogP contribution is -2.09. The lowest BCUT2D eigenvalue weighted by molar-refractivity contribution is 0.413. The van der Waals surface area contributed by atoms with Crippen LogP contribution < -0.4 is 10.1 Å². The fourth-order valence-corrected chi connectivity index (χ4v) is 2.63. The summed E-state index contributed by atoms with van der Waals surface area (Å²) in [4.78, 5) is 17.6.